The molecule has 0 unspecified atom stereocenters. The van der Waals surface area contributed by atoms with Crippen molar-refractivity contribution in [1.82, 2.24) is 9.97 Å². The molecule has 0 amide bonds. The number of nitrogen functional groups attached to an aromatic ring is 1. The Morgan fingerprint density at radius 2 is 1.52 bits per heavy atom. The summed E-state index contributed by atoms with van der Waals surface area (Å²) in [4.78, 5) is 8.43. The molecule has 126 valence electrons. The van der Waals surface area contributed by atoms with Crippen molar-refractivity contribution in [2.24, 2.45) is 0 Å². The fraction of sp³-hybridized carbons (Fsp3) is 0.0588. The molecule has 0 atom stereocenters. The third kappa shape index (κ3) is 3.29. The Morgan fingerprint density at radius 3 is 2.28 bits per heavy atom. The monoisotopic (exact) mass is 399 g/mol. The van der Waals surface area contributed by atoms with E-state index in [0.29, 0.717) is 23.1 Å². The van der Waals surface area contributed by atoms with Crippen LogP contribution >= 0.6 is 15.9 Å². The molecule has 1 aromatic heterocycles. The summed E-state index contributed by atoms with van der Waals surface area (Å²) in [6.07, 6.45) is 1.45. The summed E-state index contributed by atoms with van der Waals surface area (Å²) in [5.41, 5.74) is 8.30. The number of benzene rings is 2. The van der Waals surface area contributed by atoms with E-state index in [2.05, 4.69) is 36.5 Å². The van der Waals surface area contributed by atoms with Crippen LogP contribution in [0.4, 0.5) is 28.7 Å². The second-order valence-corrected chi connectivity index (χ2v) is 6.23. The second kappa shape index (κ2) is 6.48. The zero-order chi connectivity index (χ0) is 17.2. The van der Waals surface area contributed by atoms with Crippen molar-refractivity contribution >= 4 is 44.6 Å². The molecule has 25 heavy (non-hydrogen) atoms. The van der Waals surface area contributed by atoms with E-state index in [9.17, 15) is 0 Å². The minimum Gasteiger partial charge on any atom is -0.454 e. The molecule has 1 aliphatic rings. The van der Waals surface area contributed by atoms with Crippen molar-refractivity contribution in [3.8, 4) is 11.5 Å². The van der Waals surface area contributed by atoms with Gasteiger partial charge in [-0.1, -0.05) is 15.9 Å². The molecular formula is C17H14BrN5O2. The van der Waals surface area contributed by atoms with Gasteiger partial charge in [-0.15, -0.1) is 0 Å². The van der Waals surface area contributed by atoms with Gasteiger partial charge in [-0.3, -0.25) is 0 Å². The quantitative estimate of drug-likeness (QED) is 0.609. The molecule has 0 bridgehead atoms. The zero-order valence-corrected chi connectivity index (χ0v) is 14.6. The Balaban J connectivity index is 1.57. The summed E-state index contributed by atoms with van der Waals surface area (Å²) in [6, 6.07) is 13.3. The highest BCUT2D eigenvalue weighted by atomic mass is 79.9. The lowest BCUT2D eigenvalue weighted by Gasteiger charge is -2.13. The lowest BCUT2D eigenvalue weighted by atomic mass is 10.2. The number of nitrogens with one attached hydrogen (secondary N) is 2. The molecule has 0 spiro atoms. The van der Waals surface area contributed by atoms with Gasteiger partial charge in [0, 0.05) is 21.9 Å². The van der Waals surface area contributed by atoms with Crippen molar-refractivity contribution in [1.29, 1.82) is 0 Å². The van der Waals surface area contributed by atoms with Crippen LogP contribution in [0, 0.1) is 0 Å². The summed E-state index contributed by atoms with van der Waals surface area (Å²) in [5, 5.41) is 6.36. The van der Waals surface area contributed by atoms with Crippen LogP contribution in [-0.4, -0.2) is 16.8 Å². The zero-order valence-electron chi connectivity index (χ0n) is 13.0. The number of ether oxygens (including phenoxy) is 2. The maximum Gasteiger partial charge on any atom is 0.231 e. The van der Waals surface area contributed by atoms with E-state index in [4.69, 9.17) is 15.2 Å². The summed E-state index contributed by atoms with van der Waals surface area (Å²) in [7, 11) is 0. The minimum absolute atomic E-state index is 0.232. The van der Waals surface area contributed by atoms with Gasteiger partial charge < -0.3 is 25.8 Å². The number of hydrogen-bond acceptors (Lipinski definition) is 7. The fourth-order valence-electron chi connectivity index (χ4n) is 2.38. The van der Waals surface area contributed by atoms with Crippen LogP contribution in [-0.2, 0) is 0 Å². The highest BCUT2D eigenvalue weighted by molar-refractivity contribution is 9.10. The first-order chi connectivity index (χ1) is 12.2. The van der Waals surface area contributed by atoms with Gasteiger partial charge in [-0.2, -0.15) is 0 Å². The van der Waals surface area contributed by atoms with Gasteiger partial charge >= 0.3 is 0 Å². The number of nitrogens with zero attached hydrogens (tertiary/aromatic N) is 2. The molecule has 7 nitrogen and oxygen atoms in total. The summed E-state index contributed by atoms with van der Waals surface area (Å²) >= 11 is 3.41. The SMILES string of the molecule is Nc1c(Nc2ccc(Br)cc2)ncnc1Nc1ccc2c(c1)OCO2. The number of fused-ring (bicyclic) bond motifs is 1. The first kappa shape index (κ1) is 15.5. The molecule has 2 aromatic carbocycles. The first-order valence-corrected chi connectivity index (χ1v) is 8.28. The molecule has 1 aliphatic heterocycles. The molecule has 0 radical (unpaired) electrons. The Labute approximate surface area is 152 Å². The third-order valence-corrected chi connectivity index (χ3v) is 4.15. The number of rotatable bonds is 4. The van der Waals surface area contributed by atoms with Gasteiger partial charge in [0.15, 0.2) is 23.1 Å². The molecular weight excluding hydrogens is 386 g/mol. The molecule has 2 heterocycles. The molecule has 0 saturated carbocycles. The van der Waals surface area contributed by atoms with Crippen molar-refractivity contribution in [2.45, 2.75) is 0 Å². The van der Waals surface area contributed by atoms with E-state index in [1.54, 1.807) is 0 Å². The van der Waals surface area contributed by atoms with Crippen LogP contribution < -0.4 is 25.8 Å². The number of hydrogen-bond donors (Lipinski definition) is 3. The third-order valence-electron chi connectivity index (χ3n) is 3.63. The predicted molar refractivity (Wildman–Crippen MR) is 99.7 cm³/mol. The van der Waals surface area contributed by atoms with Crippen LogP contribution in [0.3, 0.4) is 0 Å². The van der Waals surface area contributed by atoms with Crippen LogP contribution in [0.25, 0.3) is 0 Å². The molecule has 8 heteroatoms. The topological polar surface area (TPSA) is 94.3 Å². The van der Waals surface area contributed by atoms with Crippen LogP contribution in [0.1, 0.15) is 0 Å². The fourth-order valence-corrected chi connectivity index (χ4v) is 2.64. The van der Waals surface area contributed by atoms with E-state index in [-0.39, 0.29) is 6.79 Å². The van der Waals surface area contributed by atoms with Gasteiger partial charge in [0.05, 0.1) is 0 Å². The largest absolute Gasteiger partial charge is 0.454 e. The molecule has 4 N–H and O–H groups in total. The van der Waals surface area contributed by atoms with Crippen LogP contribution in [0.15, 0.2) is 53.3 Å². The van der Waals surface area contributed by atoms with E-state index in [1.165, 1.54) is 6.33 Å². The van der Waals surface area contributed by atoms with Crippen LogP contribution in [0.5, 0.6) is 11.5 Å². The average molecular weight is 400 g/mol. The summed E-state index contributed by atoms with van der Waals surface area (Å²) < 4.78 is 11.7. The highest BCUT2D eigenvalue weighted by Crippen LogP contribution is 2.36. The Kier molecular flexibility index (Phi) is 4.02. The van der Waals surface area contributed by atoms with Crippen molar-refractivity contribution in [3.05, 3.63) is 53.3 Å². The minimum atomic E-state index is 0.232. The Hall–Kier alpha value is -3.00. The summed E-state index contributed by atoms with van der Waals surface area (Å²) in [6.45, 7) is 0.232. The number of halogens is 1. The number of aromatic nitrogens is 2. The standard InChI is InChI=1S/C17H14BrN5O2/c18-10-1-3-11(4-2-10)22-16-15(19)17(21-8-20-16)23-12-5-6-13-14(7-12)25-9-24-13/h1-8H,9,19H2,(H2,20,21,22,23). The van der Waals surface area contributed by atoms with Crippen molar-refractivity contribution in [3.63, 3.8) is 0 Å². The Bertz CT molecular complexity index is 917. The molecule has 4 rings (SSSR count). The maximum atomic E-state index is 6.21. The van der Waals surface area contributed by atoms with Crippen LogP contribution in [0.2, 0.25) is 0 Å². The predicted octanol–water partition coefficient (Wildman–Crippen LogP) is 4.04. The van der Waals surface area contributed by atoms with Gasteiger partial charge in [-0.25, -0.2) is 9.97 Å². The second-order valence-electron chi connectivity index (χ2n) is 5.31. The number of anilines is 5. The van der Waals surface area contributed by atoms with Gasteiger partial charge in [0.25, 0.3) is 0 Å². The summed E-state index contributed by atoms with van der Waals surface area (Å²) in [5.74, 6) is 2.44. The highest BCUT2D eigenvalue weighted by Gasteiger charge is 2.14. The molecule has 0 saturated heterocycles. The van der Waals surface area contributed by atoms with Crippen molar-refractivity contribution < 1.29 is 9.47 Å². The molecule has 0 aliphatic carbocycles. The maximum absolute atomic E-state index is 6.21. The lowest BCUT2D eigenvalue weighted by molar-refractivity contribution is 0.174. The van der Waals surface area contributed by atoms with Gasteiger partial charge in [0.1, 0.15) is 12.0 Å². The van der Waals surface area contributed by atoms with E-state index in [0.717, 1.165) is 21.6 Å². The normalized spacial score (nSPS) is 12.0. The smallest absolute Gasteiger partial charge is 0.231 e. The first-order valence-electron chi connectivity index (χ1n) is 7.49. The van der Waals surface area contributed by atoms with Gasteiger partial charge in [-0.05, 0) is 36.4 Å². The van der Waals surface area contributed by atoms with E-state index < -0.39 is 0 Å². The molecule has 3 aromatic rings. The lowest BCUT2D eigenvalue weighted by Crippen LogP contribution is -2.05. The molecule has 0 fully saturated rings. The van der Waals surface area contributed by atoms with E-state index in [1.807, 2.05) is 42.5 Å². The van der Waals surface area contributed by atoms with Crippen molar-refractivity contribution in [2.75, 3.05) is 23.2 Å². The average Bonchev–Trinajstić information content (AvgIpc) is 3.08. The Morgan fingerprint density at radius 1 is 0.880 bits per heavy atom. The number of nitrogens with two attached hydrogens (primary N) is 1. The van der Waals surface area contributed by atoms with E-state index >= 15 is 0 Å². The van der Waals surface area contributed by atoms with Gasteiger partial charge in [0.2, 0.25) is 6.79 Å².